The topological polar surface area (TPSA) is 80.1 Å². The zero-order valence-corrected chi connectivity index (χ0v) is 13.3. The van der Waals surface area contributed by atoms with E-state index in [0.29, 0.717) is 11.6 Å². The van der Waals surface area contributed by atoms with E-state index in [2.05, 4.69) is 21.9 Å². The van der Waals surface area contributed by atoms with E-state index in [4.69, 9.17) is 0 Å². The van der Waals surface area contributed by atoms with Crippen LogP contribution >= 0.6 is 11.8 Å². The smallest absolute Gasteiger partial charge is 0.276 e. The van der Waals surface area contributed by atoms with Crippen LogP contribution in [0, 0.1) is 10.1 Å². The molecule has 6 nitrogen and oxygen atoms in total. The predicted molar refractivity (Wildman–Crippen MR) is 88.3 cm³/mol. The van der Waals surface area contributed by atoms with Crippen molar-refractivity contribution in [2.24, 2.45) is 0 Å². The molecule has 1 saturated carbocycles. The van der Waals surface area contributed by atoms with Gasteiger partial charge in [0.15, 0.2) is 0 Å². The number of nitrogens with one attached hydrogen (secondary N) is 2. The fourth-order valence-corrected chi connectivity index (χ4v) is 3.65. The first-order chi connectivity index (χ1) is 10.1. The second-order valence-electron chi connectivity index (χ2n) is 5.40. The molecule has 1 fully saturated rings. The van der Waals surface area contributed by atoms with Crippen molar-refractivity contribution in [3.05, 3.63) is 22.2 Å². The van der Waals surface area contributed by atoms with Crippen molar-refractivity contribution < 1.29 is 4.92 Å². The third kappa shape index (κ3) is 4.00. The summed E-state index contributed by atoms with van der Waals surface area (Å²) in [6.45, 7) is 0.797. The van der Waals surface area contributed by atoms with Crippen LogP contribution in [0.3, 0.4) is 0 Å². The monoisotopic (exact) mass is 310 g/mol. The lowest BCUT2D eigenvalue weighted by molar-refractivity contribution is -0.384. The molecule has 0 aromatic carbocycles. The van der Waals surface area contributed by atoms with Gasteiger partial charge in [-0.3, -0.25) is 10.1 Å². The Morgan fingerprint density at radius 1 is 1.33 bits per heavy atom. The molecule has 1 aliphatic carbocycles. The number of hydrogen-bond acceptors (Lipinski definition) is 6. The van der Waals surface area contributed by atoms with E-state index in [-0.39, 0.29) is 10.4 Å². The highest BCUT2D eigenvalue weighted by molar-refractivity contribution is 8.00. The van der Waals surface area contributed by atoms with Gasteiger partial charge in [-0.1, -0.05) is 19.3 Å². The van der Waals surface area contributed by atoms with E-state index in [1.165, 1.54) is 44.2 Å². The van der Waals surface area contributed by atoms with Crippen LogP contribution in [0.2, 0.25) is 0 Å². The maximum absolute atomic E-state index is 11.0. The minimum atomic E-state index is -0.390. The van der Waals surface area contributed by atoms with E-state index in [0.717, 1.165) is 6.54 Å². The first-order valence-electron chi connectivity index (χ1n) is 7.22. The Bertz CT molecular complexity index is 504. The quantitative estimate of drug-likeness (QED) is 0.618. The Hall–Kier alpha value is -1.50. The summed E-state index contributed by atoms with van der Waals surface area (Å²) in [5, 5.41) is 17.1. The molecule has 0 amide bonds. The van der Waals surface area contributed by atoms with E-state index in [1.807, 2.05) is 11.8 Å². The Morgan fingerprint density at radius 3 is 2.57 bits per heavy atom. The van der Waals surface area contributed by atoms with Crippen LogP contribution in [0.5, 0.6) is 0 Å². The molecule has 21 heavy (non-hydrogen) atoms. The van der Waals surface area contributed by atoms with Gasteiger partial charge in [0, 0.05) is 18.3 Å². The average Bonchev–Trinajstić information content (AvgIpc) is 2.53. The Balaban J connectivity index is 2.11. The third-order valence-corrected chi connectivity index (χ3v) is 5.49. The van der Waals surface area contributed by atoms with E-state index < -0.39 is 4.92 Å². The molecule has 0 spiro atoms. The number of nitrogens with zero attached hydrogens (tertiary/aromatic N) is 2. The van der Waals surface area contributed by atoms with Gasteiger partial charge < -0.3 is 10.6 Å². The maximum Gasteiger partial charge on any atom is 0.276 e. The minimum Gasteiger partial charge on any atom is -0.373 e. The molecule has 0 radical (unpaired) electrons. The molecule has 0 saturated heterocycles. The molecule has 1 heterocycles. The normalized spacial score (nSPS) is 17.2. The van der Waals surface area contributed by atoms with E-state index in [1.54, 1.807) is 7.05 Å². The average molecular weight is 310 g/mol. The lowest BCUT2D eigenvalue weighted by Crippen LogP contribution is -2.35. The Labute approximate surface area is 129 Å². The molecule has 0 atom stereocenters. The molecule has 2 rings (SSSR count). The summed E-state index contributed by atoms with van der Waals surface area (Å²) in [7, 11) is 1.71. The van der Waals surface area contributed by atoms with Gasteiger partial charge in [0.05, 0.1) is 17.1 Å². The SMILES string of the molecule is CNc1cc([N+](=O)[O-])cc(NCC2(SC)CCCCC2)n1. The Kier molecular flexibility index (Phi) is 5.27. The van der Waals surface area contributed by atoms with Gasteiger partial charge in [0.1, 0.15) is 11.6 Å². The fourth-order valence-electron chi connectivity index (χ4n) is 2.74. The summed E-state index contributed by atoms with van der Waals surface area (Å²) in [4.78, 5) is 14.9. The molecular weight excluding hydrogens is 288 g/mol. The van der Waals surface area contributed by atoms with Gasteiger partial charge in [0.2, 0.25) is 0 Å². The second-order valence-corrected chi connectivity index (χ2v) is 6.68. The summed E-state index contributed by atoms with van der Waals surface area (Å²) in [6, 6.07) is 2.94. The zero-order valence-electron chi connectivity index (χ0n) is 12.5. The van der Waals surface area contributed by atoms with Crippen LogP contribution < -0.4 is 10.6 Å². The number of rotatable bonds is 6. The molecule has 0 unspecified atom stereocenters. The summed E-state index contributed by atoms with van der Waals surface area (Å²) in [5.74, 6) is 1.07. The van der Waals surface area contributed by atoms with Crippen LogP contribution in [0.15, 0.2) is 12.1 Å². The van der Waals surface area contributed by atoms with E-state index in [9.17, 15) is 10.1 Å². The molecule has 0 bridgehead atoms. The molecule has 1 aromatic heterocycles. The van der Waals surface area contributed by atoms with Crippen molar-refractivity contribution in [2.75, 3.05) is 30.5 Å². The standard InChI is InChI=1S/C14H22N4O2S/c1-15-12-8-11(18(19)20)9-13(17-12)16-10-14(21-2)6-4-3-5-7-14/h8-9H,3-7,10H2,1-2H3,(H2,15,16,17). The molecule has 0 aliphatic heterocycles. The highest BCUT2D eigenvalue weighted by atomic mass is 32.2. The largest absolute Gasteiger partial charge is 0.373 e. The van der Waals surface area contributed by atoms with Gasteiger partial charge in [-0.25, -0.2) is 4.98 Å². The lowest BCUT2D eigenvalue weighted by Gasteiger charge is -2.36. The van der Waals surface area contributed by atoms with Crippen molar-refractivity contribution >= 4 is 29.1 Å². The second kappa shape index (κ2) is 6.98. The fraction of sp³-hybridized carbons (Fsp3) is 0.643. The third-order valence-electron chi connectivity index (χ3n) is 4.07. The van der Waals surface area contributed by atoms with Crippen LogP contribution in [-0.4, -0.2) is 34.5 Å². The summed E-state index contributed by atoms with van der Waals surface area (Å²) < 4.78 is 0.227. The highest BCUT2D eigenvalue weighted by Crippen LogP contribution is 2.38. The number of anilines is 2. The van der Waals surface area contributed by atoms with Crippen molar-refractivity contribution in [1.29, 1.82) is 0 Å². The first kappa shape index (κ1) is 15.9. The minimum absolute atomic E-state index is 0.0543. The molecule has 2 N–H and O–H groups in total. The molecule has 1 aliphatic rings. The molecule has 116 valence electrons. The van der Waals surface area contributed by atoms with Gasteiger partial charge >= 0.3 is 0 Å². The summed E-state index contributed by atoms with van der Waals surface area (Å²) in [5.41, 5.74) is 0.0543. The molecular formula is C14H22N4O2S. The maximum atomic E-state index is 11.0. The highest BCUT2D eigenvalue weighted by Gasteiger charge is 2.31. The Morgan fingerprint density at radius 2 is 2.00 bits per heavy atom. The van der Waals surface area contributed by atoms with Crippen LogP contribution in [-0.2, 0) is 0 Å². The summed E-state index contributed by atoms with van der Waals surface area (Å²) in [6.07, 6.45) is 8.34. The van der Waals surface area contributed by atoms with Gasteiger partial charge in [0.25, 0.3) is 5.69 Å². The number of thioether (sulfide) groups is 1. The first-order valence-corrected chi connectivity index (χ1v) is 8.44. The molecule has 7 heteroatoms. The van der Waals surface area contributed by atoms with Crippen LogP contribution in [0.25, 0.3) is 0 Å². The van der Waals surface area contributed by atoms with Crippen LogP contribution in [0.4, 0.5) is 17.3 Å². The number of hydrogen-bond donors (Lipinski definition) is 2. The number of nitro groups is 1. The van der Waals surface area contributed by atoms with Crippen molar-refractivity contribution in [3.8, 4) is 0 Å². The number of pyridine rings is 1. The van der Waals surface area contributed by atoms with Crippen molar-refractivity contribution in [1.82, 2.24) is 4.98 Å². The number of aromatic nitrogens is 1. The van der Waals surface area contributed by atoms with Crippen molar-refractivity contribution in [2.45, 2.75) is 36.9 Å². The lowest BCUT2D eigenvalue weighted by atomic mass is 9.88. The summed E-state index contributed by atoms with van der Waals surface area (Å²) >= 11 is 1.89. The van der Waals surface area contributed by atoms with Gasteiger partial charge in [-0.05, 0) is 19.1 Å². The predicted octanol–water partition coefficient (Wildman–Crippen LogP) is 3.51. The zero-order chi connectivity index (χ0) is 15.3. The van der Waals surface area contributed by atoms with Crippen molar-refractivity contribution in [3.63, 3.8) is 0 Å². The van der Waals surface area contributed by atoms with E-state index >= 15 is 0 Å². The van der Waals surface area contributed by atoms with Gasteiger partial charge in [-0.15, -0.1) is 0 Å². The molecule has 1 aromatic rings. The van der Waals surface area contributed by atoms with Gasteiger partial charge in [-0.2, -0.15) is 11.8 Å². The van der Waals surface area contributed by atoms with Crippen LogP contribution in [0.1, 0.15) is 32.1 Å².